The second-order valence-corrected chi connectivity index (χ2v) is 9.35. The highest BCUT2D eigenvalue weighted by molar-refractivity contribution is 6.34. The van der Waals surface area contributed by atoms with Crippen LogP contribution in [0.4, 0.5) is 5.82 Å². The average molecular weight is 497 g/mol. The third-order valence-electron chi connectivity index (χ3n) is 6.64. The summed E-state index contributed by atoms with van der Waals surface area (Å²) >= 11 is 6.47. The van der Waals surface area contributed by atoms with Crippen molar-refractivity contribution in [3.05, 3.63) is 58.9 Å². The number of carbonyl (C=O) groups excluding carboxylic acids is 3. The van der Waals surface area contributed by atoms with Gasteiger partial charge in [0.15, 0.2) is 5.78 Å². The number of nitrogens with one attached hydrogen (secondary N) is 2. The number of ketones is 1. The zero-order valence-corrected chi connectivity index (χ0v) is 20.6. The van der Waals surface area contributed by atoms with Crippen molar-refractivity contribution in [3.8, 4) is 0 Å². The molecule has 1 saturated carbocycles. The second kappa shape index (κ2) is 11.0. The van der Waals surface area contributed by atoms with Crippen molar-refractivity contribution in [1.82, 2.24) is 15.0 Å². The molecule has 1 aliphatic carbocycles. The molecular formula is C26H29ClN4O4. The fourth-order valence-corrected chi connectivity index (χ4v) is 5.38. The Balaban J connectivity index is 1.59. The predicted molar refractivity (Wildman–Crippen MR) is 134 cm³/mol. The minimum Gasteiger partial charge on any atom is -0.338 e. The molecule has 2 heterocycles. The van der Waals surface area contributed by atoms with Gasteiger partial charge in [0.05, 0.1) is 12.1 Å². The molecule has 35 heavy (non-hydrogen) atoms. The van der Waals surface area contributed by atoms with Crippen LogP contribution in [0, 0.1) is 5.92 Å². The molecular weight excluding hydrogens is 468 g/mol. The van der Waals surface area contributed by atoms with E-state index in [1.54, 1.807) is 24.4 Å². The molecule has 2 N–H and O–H groups in total. The third kappa shape index (κ3) is 5.71. The van der Waals surface area contributed by atoms with Gasteiger partial charge in [-0.15, -0.1) is 0 Å². The number of amides is 2. The van der Waals surface area contributed by atoms with Gasteiger partial charge in [0.1, 0.15) is 12.4 Å². The van der Waals surface area contributed by atoms with Crippen LogP contribution in [0.15, 0.2) is 42.7 Å². The van der Waals surface area contributed by atoms with Crippen LogP contribution in [-0.2, 0) is 21.0 Å². The number of nitrogens with zero attached hydrogens (tertiary/aromatic N) is 2. The van der Waals surface area contributed by atoms with Gasteiger partial charge in [-0.1, -0.05) is 24.1 Å². The topological polar surface area (TPSA) is 102 Å². The molecule has 9 heteroatoms. The van der Waals surface area contributed by atoms with E-state index in [2.05, 4.69) is 15.8 Å². The van der Waals surface area contributed by atoms with Gasteiger partial charge in [0.25, 0.3) is 5.91 Å². The van der Waals surface area contributed by atoms with Gasteiger partial charge in [-0.25, -0.2) is 10.5 Å². The fraction of sp³-hybridized carbons (Fsp3) is 0.385. The lowest BCUT2D eigenvalue weighted by molar-refractivity contribution is -0.131. The average Bonchev–Trinajstić information content (AvgIpc) is 3.42. The van der Waals surface area contributed by atoms with E-state index in [-0.39, 0.29) is 30.1 Å². The Morgan fingerprint density at radius 2 is 2.03 bits per heavy atom. The number of hydrogen-bond donors (Lipinski definition) is 2. The SMILES string of the molecule is CONC(=O)Cn1cc(C2CCCC2CCC(=O)Nc2ccccn2)c2cc(Cl)c(C(C)=O)cc21. The maximum Gasteiger partial charge on any atom is 0.263 e. The Bertz CT molecular complexity index is 1240. The number of hydrogen-bond acceptors (Lipinski definition) is 5. The van der Waals surface area contributed by atoms with Crippen LogP contribution in [-0.4, -0.2) is 34.3 Å². The summed E-state index contributed by atoms with van der Waals surface area (Å²) in [4.78, 5) is 45.8. The summed E-state index contributed by atoms with van der Waals surface area (Å²) in [5.41, 5.74) is 4.64. The molecule has 1 aliphatic rings. The van der Waals surface area contributed by atoms with E-state index in [0.717, 1.165) is 42.1 Å². The number of anilines is 1. The van der Waals surface area contributed by atoms with E-state index in [9.17, 15) is 14.4 Å². The van der Waals surface area contributed by atoms with E-state index in [1.165, 1.54) is 14.0 Å². The highest BCUT2D eigenvalue weighted by Gasteiger charge is 2.32. The molecule has 184 valence electrons. The van der Waals surface area contributed by atoms with Gasteiger partial charge in [-0.2, -0.15) is 0 Å². The van der Waals surface area contributed by atoms with Gasteiger partial charge in [-0.05, 0) is 67.9 Å². The molecule has 1 aromatic carbocycles. The molecule has 2 atom stereocenters. The number of Topliss-reactive ketones (excluding diaryl/α,β-unsaturated/α-hetero) is 1. The highest BCUT2D eigenvalue weighted by atomic mass is 35.5. The number of carbonyl (C=O) groups is 3. The molecule has 4 rings (SSSR count). The summed E-state index contributed by atoms with van der Waals surface area (Å²) in [5.74, 6) is 0.610. The number of pyridine rings is 1. The van der Waals surface area contributed by atoms with E-state index in [4.69, 9.17) is 16.4 Å². The molecule has 0 radical (unpaired) electrons. The van der Waals surface area contributed by atoms with Gasteiger partial charge < -0.3 is 9.88 Å². The van der Waals surface area contributed by atoms with Gasteiger partial charge in [-0.3, -0.25) is 19.2 Å². The Morgan fingerprint density at radius 3 is 2.74 bits per heavy atom. The predicted octanol–water partition coefficient (Wildman–Crippen LogP) is 4.87. The van der Waals surface area contributed by atoms with E-state index in [0.29, 0.717) is 28.7 Å². The summed E-state index contributed by atoms with van der Waals surface area (Å²) in [6, 6.07) is 9.00. The van der Waals surface area contributed by atoms with Crippen LogP contribution in [0.5, 0.6) is 0 Å². The Hall–Kier alpha value is -3.23. The first-order valence-electron chi connectivity index (χ1n) is 11.7. The molecule has 2 amide bonds. The normalized spacial score (nSPS) is 17.5. The summed E-state index contributed by atoms with van der Waals surface area (Å²) in [5, 5.41) is 4.18. The standard InChI is InChI=1S/C26H29ClN4O4/c1-16(32)19-13-23-20(12-22(19)27)21(14-31(23)15-26(34)30-35-2)18-7-5-6-17(18)9-10-25(33)29-24-8-3-4-11-28-24/h3-4,8,11-14,17-18H,5-7,9-10,15H2,1-2H3,(H,30,34)(H,28,29,33). The number of benzene rings is 1. The zero-order valence-electron chi connectivity index (χ0n) is 19.8. The summed E-state index contributed by atoms with van der Waals surface area (Å²) in [6.45, 7) is 1.52. The highest BCUT2D eigenvalue weighted by Crippen LogP contribution is 2.45. The molecule has 2 unspecified atom stereocenters. The monoisotopic (exact) mass is 496 g/mol. The number of halogens is 1. The molecule has 0 bridgehead atoms. The Kier molecular flexibility index (Phi) is 7.83. The lowest BCUT2D eigenvalue weighted by atomic mass is 9.85. The summed E-state index contributed by atoms with van der Waals surface area (Å²) < 4.78 is 1.84. The number of rotatable bonds is 9. The smallest absolute Gasteiger partial charge is 0.263 e. The van der Waals surface area contributed by atoms with Crippen molar-refractivity contribution in [2.24, 2.45) is 5.92 Å². The van der Waals surface area contributed by atoms with Crippen LogP contribution >= 0.6 is 11.6 Å². The van der Waals surface area contributed by atoms with Crippen LogP contribution in [0.3, 0.4) is 0 Å². The molecule has 0 saturated heterocycles. The number of hydroxylamine groups is 1. The van der Waals surface area contributed by atoms with Crippen molar-refractivity contribution in [2.75, 3.05) is 12.4 Å². The molecule has 0 spiro atoms. The second-order valence-electron chi connectivity index (χ2n) is 8.95. The Labute approximate surface area is 209 Å². The first kappa shape index (κ1) is 24.9. The van der Waals surface area contributed by atoms with Crippen LogP contribution < -0.4 is 10.8 Å². The van der Waals surface area contributed by atoms with Gasteiger partial charge in [0.2, 0.25) is 5.91 Å². The van der Waals surface area contributed by atoms with Gasteiger partial charge in [0, 0.05) is 35.3 Å². The minimum absolute atomic E-state index is 0.0488. The third-order valence-corrected chi connectivity index (χ3v) is 6.96. The van der Waals surface area contributed by atoms with Crippen molar-refractivity contribution < 1.29 is 19.2 Å². The van der Waals surface area contributed by atoms with Crippen molar-refractivity contribution in [3.63, 3.8) is 0 Å². The molecule has 3 aromatic rings. The fourth-order valence-electron chi connectivity index (χ4n) is 5.08. The first-order valence-corrected chi connectivity index (χ1v) is 12.1. The van der Waals surface area contributed by atoms with E-state index >= 15 is 0 Å². The quantitative estimate of drug-likeness (QED) is 0.325. The molecule has 2 aromatic heterocycles. The minimum atomic E-state index is -0.301. The number of aromatic nitrogens is 2. The maximum absolute atomic E-state index is 12.5. The first-order chi connectivity index (χ1) is 16.9. The van der Waals surface area contributed by atoms with Crippen molar-refractivity contribution >= 4 is 45.9 Å². The van der Waals surface area contributed by atoms with Gasteiger partial charge >= 0.3 is 0 Å². The lowest BCUT2D eigenvalue weighted by Gasteiger charge is -2.19. The van der Waals surface area contributed by atoms with Crippen molar-refractivity contribution in [1.29, 1.82) is 0 Å². The zero-order chi connectivity index (χ0) is 24.9. The largest absolute Gasteiger partial charge is 0.338 e. The van der Waals surface area contributed by atoms with E-state index < -0.39 is 0 Å². The lowest BCUT2D eigenvalue weighted by Crippen LogP contribution is -2.26. The number of fused-ring (bicyclic) bond motifs is 1. The Morgan fingerprint density at radius 1 is 1.20 bits per heavy atom. The maximum atomic E-state index is 12.5. The van der Waals surface area contributed by atoms with Crippen LogP contribution in [0.2, 0.25) is 5.02 Å². The van der Waals surface area contributed by atoms with Crippen LogP contribution in [0.1, 0.15) is 60.9 Å². The van der Waals surface area contributed by atoms with Crippen LogP contribution in [0.25, 0.3) is 10.9 Å². The van der Waals surface area contributed by atoms with E-state index in [1.807, 2.05) is 22.9 Å². The molecule has 0 aliphatic heterocycles. The summed E-state index contributed by atoms with van der Waals surface area (Å²) in [6.07, 6.45) is 7.86. The molecule has 1 fully saturated rings. The molecule has 8 nitrogen and oxygen atoms in total. The van der Waals surface area contributed by atoms with Crippen molar-refractivity contribution in [2.45, 2.75) is 51.5 Å². The summed E-state index contributed by atoms with van der Waals surface area (Å²) in [7, 11) is 1.39.